The summed E-state index contributed by atoms with van der Waals surface area (Å²) in [5.41, 5.74) is 2.12. The lowest BCUT2D eigenvalue weighted by Crippen LogP contribution is -2.23. The summed E-state index contributed by atoms with van der Waals surface area (Å²) in [5.74, 6) is 0.139. The van der Waals surface area contributed by atoms with E-state index in [9.17, 15) is 4.79 Å². The molecule has 1 aliphatic heterocycles. The summed E-state index contributed by atoms with van der Waals surface area (Å²) in [4.78, 5) is 11.1. The van der Waals surface area contributed by atoms with Crippen LogP contribution in [0.25, 0.3) is 0 Å². The second-order valence-electron chi connectivity index (χ2n) is 4.25. The van der Waals surface area contributed by atoms with Gasteiger partial charge in [0.25, 0.3) is 0 Å². The lowest BCUT2D eigenvalue weighted by molar-refractivity contribution is 0.101. The first-order chi connectivity index (χ1) is 7.25. The average Bonchev–Trinajstić information content (AvgIpc) is 2.71. The predicted octanol–water partition coefficient (Wildman–Crippen LogP) is 2.18. The summed E-state index contributed by atoms with van der Waals surface area (Å²) >= 11 is 0. The Labute approximate surface area is 90.7 Å². The molecule has 0 aromatic heterocycles. The van der Waals surface area contributed by atoms with E-state index < -0.39 is 0 Å². The monoisotopic (exact) mass is 203 g/mol. The second-order valence-corrected chi connectivity index (χ2v) is 4.25. The van der Waals surface area contributed by atoms with E-state index in [2.05, 4.69) is 17.4 Å². The Morgan fingerprint density at radius 2 is 2.13 bits per heavy atom. The Balaban J connectivity index is 2.00. The SMILES string of the molecule is CC(=O)c1ccc(CC2CCCN2)cc1. The number of carbonyl (C=O) groups is 1. The van der Waals surface area contributed by atoms with Gasteiger partial charge in [-0.15, -0.1) is 0 Å². The molecule has 0 saturated carbocycles. The molecule has 1 aromatic carbocycles. The van der Waals surface area contributed by atoms with E-state index in [0.717, 1.165) is 18.5 Å². The lowest BCUT2D eigenvalue weighted by atomic mass is 10.0. The number of hydrogen-bond acceptors (Lipinski definition) is 2. The third-order valence-electron chi connectivity index (χ3n) is 3.00. The van der Waals surface area contributed by atoms with Crippen molar-refractivity contribution in [3.8, 4) is 0 Å². The van der Waals surface area contributed by atoms with Crippen LogP contribution >= 0.6 is 0 Å². The molecule has 15 heavy (non-hydrogen) atoms. The maximum Gasteiger partial charge on any atom is 0.159 e. The minimum absolute atomic E-state index is 0.139. The summed E-state index contributed by atoms with van der Waals surface area (Å²) in [6.07, 6.45) is 3.64. The lowest BCUT2D eigenvalue weighted by Gasteiger charge is -2.09. The van der Waals surface area contributed by atoms with Gasteiger partial charge in [0.05, 0.1) is 0 Å². The van der Waals surface area contributed by atoms with Crippen molar-refractivity contribution in [3.05, 3.63) is 35.4 Å². The summed E-state index contributed by atoms with van der Waals surface area (Å²) in [7, 11) is 0. The van der Waals surface area contributed by atoms with Gasteiger partial charge in [0, 0.05) is 11.6 Å². The highest BCUT2D eigenvalue weighted by Crippen LogP contribution is 2.13. The zero-order valence-corrected chi connectivity index (χ0v) is 9.12. The largest absolute Gasteiger partial charge is 0.314 e. The van der Waals surface area contributed by atoms with Crippen LogP contribution in [-0.4, -0.2) is 18.4 Å². The van der Waals surface area contributed by atoms with Gasteiger partial charge >= 0.3 is 0 Å². The quantitative estimate of drug-likeness (QED) is 0.763. The summed E-state index contributed by atoms with van der Waals surface area (Å²) in [6.45, 7) is 2.75. The van der Waals surface area contributed by atoms with E-state index >= 15 is 0 Å². The molecule has 1 fully saturated rings. The molecule has 1 atom stereocenters. The Kier molecular flexibility index (Phi) is 3.17. The fraction of sp³-hybridized carbons (Fsp3) is 0.462. The molecule has 1 aliphatic rings. The number of Topliss-reactive ketones (excluding diaryl/α,β-unsaturated/α-hetero) is 1. The van der Waals surface area contributed by atoms with Crippen LogP contribution in [0, 0.1) is 0 Å². The summed E-state index contributed by atoms with van der Waals surface area (Å²) in [5, 5.41) is 3.48. The fourth-order valence-electron chi connectivity index (χ4n) is 2.09. The number of rotatable bonds is 3. The standard InChI is InChI=1S/C13H17NO/c1-10(15)12-6-4-11(5-7-12)9-13-3-2-8-14-13/h4-7,13-14H,2-3,8-9H2,1H3. The Morgan fingerprint density at radius 3 is 2.67 bits per heavy atom. The molecule has 80 valence electrons. The van der Waals surface area contributed by atoms with Crippen molar-refractivity contribution in [2.45, 2.75) is 32.2 Å². The molecule has 0 amide bonds. The molecule has 2 nitrogen and oxygen atoms in total. The molecule has 1 N–H and O–H groups in total. The normalized spacial score (nSPS) is 20.5. The minimum atomic E-state index is 0.139. The van der Waals surface area contributed by atoms with Crippen LogP contribution in [-0.2, 0) is 6.42 Å². The minimum Gasteiger partial charge on any atom is -0.314 e. The smallest absolute Gasteiger partial charge is 0.159 e. The molecular formula is C13H17NO. The molecular weight excluding hydrogens is 186 g/mol. The van der Waals surface area contributed by atoms with Crippen LogP contribution in [0.4, 0.5) is 0 Å². The van der Waals surface area contributed by atoms with Crippen molar-refractivity contribution in [1.82, 2.24) is 5.32 Å². The van der Waals surface area contributed by atoms with Gasteiger partial charge in [0.1, 0.15) is 0 Å². The third-order valence-corrected chi connectivity index (χ3v) is 3.00. The van der Waals surface area contributed by atoms with E-state index in [-0.39, 0.29) is 5.78 Å². The highest BCUT2D eigenvalue weighted by molar-refractivity contribution is 5.93. The number of hydrogen-bond donors (Lipinski definition) is 1. The van der Waals surface area contributed by atoms with Gasteiger partial charge in [-0.3, -0.25) is 4.79 Å². The zero-order chi connectivity index (χ0) is 10.7. The van der Waals surface area contributed by atoms with Crippen molar-refractivity contribution >= 4 is 5.78 Å². The van der Waals surface area contributed by atoms with Gasteiger partial charge in [-0.2, -0.15) is 0 Å². The molecule has 1 aromatic rings. The second kappa shape index (κ2) is 4.58. The number of carbonyl (C=O) groups excluding carboxylic acids is 1. The van der Waals surface area contributed by atoms with Gasteiger partial charge in [-0.05, 0) is 38.3 Å². The van der Waals surface area contributed by atoms with E-state index in [1.165, 1.54) is 18.4 Å². The number of ketones is 1. The Morgan fingerprint density at radius 1 is 1.40 bits per heavy atom. The highest BCUT2D eigenvalue weighted by Gasteiger charge is 2.14. The molecule has 1 unspecified atom stereocenters. The molecule has 0 bridgehead atoms. The third kappa shape index (κ3) is 2.66. The molecule has 0 radical (unpaired) electrons. The van der Waals surface area contributed by atoms with Crippen LogP contribution < -0.4 is 5.32 Å². The van der Waals surface area contributed by atoms with Crippen molar-refractivity contribution in [2.75, 3.05) is 6.54 Å². The first kappa shape index (κ1) is 10.4. The van der Waals surface area contributed by atoms with E-state index in [0.29, 0.717) is 6.04 Å². The molecule has 0 aliphatic carbocycles. The van der Waals surface area contributed by atoms with E-state index in [1.807, 2.05) is 12.1 Å². The summed E-state index contributed by atoms with van der Waals surface area (Å²) < 4.78 is 0. The van der Waals surface area contributed by atoms with E-state index in [1.54, 1.807) is 6.92 Å². The Hall–Kier alpha value is -1.15. The first-order valence-corrected chi connectivity index (χ1v) is 5.59. The number of nitrogens with one attached hydrogen (secondary N) is 1. The van der Waals surface area contributed by atoms with Gasteiger partial charge < -0.3 is 5.32 Å². The molecule has 2 rings (SSSR count). The summed E-state index contributed by atoms with van der Waals surface area (Å²) in [6, 6.07) is 8.61. The van der Waals surface area contributed by atoms with Crippen LogP contribution in [0.1, 0.15) is 35.7 Å². The zero-order valence-electron chi connectivity index (χ0n) is 9.12. The molecule has 1 heterocycles. The van der Waals surface area contributed by atoms with Gasteiger partial charge in [-0.1, -0.05) is 24.3 Å². The molecule has 2 heteroatoms. The van der Waals surface area contributed by atoms with Crippen molar-refractivity contribution in [1.29, 1.82) is 0 Å². The topological polar surface area (TPSA) is 29.1 Å². The number of benzene rings is 1. The highest BCUT2D eigenvalue weighted by atomic mass is 16.1. The van der Waals surface area contributed by atoms with Crippen LogP contribution in [0.2, 0.25) is 0 Å². The van der Waals surface area contributed by atoms with Crippen LogP contribution in [0.3, 0.4) is 0 Å². The van der Waals surface area contributed by atoms with Crippen LogP contribution in [0.15, 0.2) is 24.3 Å². The van der Waals surface area contributed by atoms with Gasteiger partial charge in [-0.25, -0.2) is 0 Å². The van der Waals surface area contributed by atoms with Crippen molar-refractivity contribution < 1.29 is 4.79 Å². The Bertz CT molecular complexity index is 336. The van der Waals surface area contributed by atoms with Crippen molar-refractivity contribution in [3.63, 3.8) is 0 Å². The van der Waals surface area contributed by atoms with Gasteiger partial charge in [0.2, 0.25) is 0 Å². The molecule has 1 saturated heterocycles. The average molecular weight is 203 g/mol. The van der Waals surface area contributed by atoms with Crippen molar-refractivity contribution in [2.24, 2.45) is 0 Å². The van der Waals surface area contributed by atoms with E-state index in [4.69, 9.17) is 0 Å². The maximum absolute atomic E-state index is 11.1. The first-order valence-electron chi connectivity index (χ1n) is 5.59. The molecule has 0 spiro atoms. The van der Waals surface area contributed by atoms with Crippen LogP contribution in [0.5, 0.6) is 0 Å². The predicted molar refractivity (Wildman–Crippen MR) is 61.2 cm³/mol. The fourth-order valence-corrected chi connectivity index (χ4v) is 2.09. The van der Waals surface area contributed by atoms with Gasteiger partial charge in [0.15, 0.2) is 5.78 Å². The maximum atomic E-state index is 11.1.